The summed E-state index contributed by atoms with van der Waals surface area (Å²) in [6.07, 6.45) is 0. The fourth-order valence-corrected chi connectivity index (χ4v) is 1.20. The number of benzene rings is 1. The van der Waals surface area contributed by atoms with E-state index in [1.165, 1.54) is 0 Å². The summed E-state index contributed by atoms with van der Waals surface area (Å²) in [4.78, 5) is 0. The third kappa shape index (κ3) is 3.27. The molecule has 2 nitrogen and oxygen atoms in total. The van der Waals surface area contributed by atoms with E-state index in [0.29, 0.717) is 28.9 Å². The highest BCUT2D eigenvalue weighted by Gasteiger charge is 2.01. The van der Waals surface area contributed by atoms with Gasteiger partial charge in [-0.3, -0.25) is 0 Å². The van der Waals surface area contributed by atoms with E-state index < -0.39 is 0 Å². The van der Waals surface area contributed by atoms with Gasteiger partial charge in [0.1, 0.15) is 5.75 Å². The summed E-state index contributed by atoms with van der Waals surface area (Å²) in [6, 6.07) is 7.05. The van der Waals surface area contributed by atoms with Gasteiger partial charge in [0.2, 0.25) is 0 Å². The number of nitriles is 1. The monoisotopic (exact) mass is 209 g/mol. The molecule has 0 N–H and O–H groups in total. The minimum Gasteiger partial charge on any atom is -0.493 e. The first-order valence-corrected chi connectivity index (χ1v) is 4.83. The summed E-state index contributed by atoms with van der Waals surface area (Å²) >= 11 is 5.81. The molecule has 0 aliphatic heterocycles. The van der Waals surface area contributed by atoms with Crippen LogP contribution in [0.3, 0.4) is 0 Å². The number of halogens is 1. The fraction of sp³-hybridized carbons (Fsp3) is 0.364. The van der Waals surface area contributed by atoms with E-state index in [1.807, 2.05) is 6.07 Å². The van der Waals surface area contributed by atoms with Gasteiger partial charge in [0.25, 0.3) is 0 Å². The van der Waals surface area contributed by atoms with Crippen molar-refractivity contribution in [2.24, 2.45) is 5.92 Å². The van der Waals surface area contributed by atoms with Crippen LogP contribution in [0.1, 0.15) is 19.4 Å². The van der Waals surface area contributed by atoms with E-state index in [-0.39, 0.29) is 0 Å². The van der Waals surface area contributed by atoms with Gasteiger partial charge < -0.3 is 4.74 Å². The Balaban J connectivity index is 2.78. The largest absolute Gasteiger partial charge is 0.493 e. The third-order valence-corrected chi connectivity index (χ3v) is 1.80. The molecule has 0 saturated carbocycles. The van der Waals surface area contributed by atoms with Gasteiger partial charge in [-0.15, -0.1) is 0 Å². The zero-order valence-corrected chi connectivity index (χ0v) is 9.01. The van der Waals surface area contributed by atoms with Gasteiger partial charge in [-0.1, -0.05) is 25.4 Å². The van der Waals surface area contributed by atoms with Crippen molar-refractivity contribution in [2.45, 2.75) is 13.8 Å². The predicted octanol–water partition coefficient (Wildman–Crippen LogP) is 3.25. The Bertz CT molecular complexity index is 355. The zero-order chi connectivity index (χ0) is 10.6. The average molecular weight is 210 g/mol. The van der Waals surface area contributed by atoms with Crippen LogP contribution >= 0.6 is 11.6 Å². The molecule has 0 amide bonds. The molecule has 74 valence electrons. The predicted molar refractivity (Wildman–Crippen MR) is 56.5 cm³/mol. The Hall–Kier alpha value is -1.20. The second kappa shape index (κ2) is 4.88. The highest BCUT2D eigenvalue weighted by molar-refractivity contribution is 6.30. The minimum absolute atomic E-state index is 0.458. The number of hydrogen-bond acceptors (Lipinski definition) is 2. The minimum atomic E-state index is 0.458. The van der Waals surface area contributed by atoms with Crippen LogP contribution in [0.15, 0.2) is 18.2 Å². The molecule has 0 fully saturated rings. The molecule has 1 rings (SSSR count). The molecule has 0 aliphatic rings. The highest BCUT2D eigenvalue weighted by atomic mass is 35.5. The lowest BCUT2D eigenvalue weighted by atomic mass is 10.2. The van der Waals surface area contributed by atoms with Gasteiger partial charge in [0, 0.05) is 5.02 Å². The first-order chi connectivity index (χ1) is 6.61. The lowest BCUT2D eigenvalue weighted by molar-refractivity contribution is 0.271. The van der Waals surface area contributed by atoms with Crippen LogP contribution in [-0.4, -0.2) is 6.61 Å². The van der Waals surface area contributed by atoms with Gasteiger partial charge >= 0.3 is 0 Å². The number of ether oxygens (including phenoxy) is 1. The van der Waals surface area contributed by atoms with Crippen molar-refractivity contribution in [3.63, 3.8) is 0 Å². The molecule has 0 aliphatic carbocycles. The molecule has 0 unspecified atom stereocenters. The smallest absolute Gasteiger partial charge is 0.122 e. The van der Waals surface area contributed by atoms with E-state index in [2.05, 4.69) is 13.8 Å². The van der Waals surface area contributed by atoms with Crippen LogP contribution in [0.2, 0.25) is 5.02 Å². The molecule has 1 aromatic carbocycles. The summed E-state index contributed by atoms with van der Waals surface area (Å²) < 4.78 is 5.46. The fourth-order valence-electron chi connectivity index (χ4n) is 0.973. The van der Waals surface area contributed by atoms with Crippen molar-refractivity contribution in [1.82, 2.24) is 0 Å². The summed E-state index contributed by atoms with van der Waals surface area (Å²) in [5, 5.41) is 9.23. The molecule has 0 radical (unpaired) electrons. The Labute approximate surface area is 89.1 Å². The maximum Gasteiger partial charge on any atom is 0.122 e. The second-order valence-electron chi connectivity index (χ2n) is 3.49. The van der Waals surface area contributed by atoms with E-state index in [1.54, 1.807) is 18.2 Å². The third-order valence-electron chi connectivity index (χ3n) is 1.58. The van der Waals surface area contributed by atoms with Crippen molar-refractivity contribution in [1.29, 1.82) is 5.26 Å². The summed E-state index contributed by atoms with van der Waals surface area (Å²) in [5.74, 6) is 1.11. The maximum atomic E-state index is 8.70. The van der Waals surface area contributed by atoms with E-state index in [0.717, 1.165) is 0 Å². The first kappa shape index (κ1) is 10.9. The second-order valence-corrected chi connectivity index (χ2v) is 3.93. The van der Waals surface area contributed by atoms with Crippen LogP contribution < -0.4 is 4.74 Å². The summed E-state index contributed by atoms with van der Waals surface area (Å²) in [7, 11) is 0. The zero-order valence-electron chi connectivity index (χ0n) is 8.25. The van der Waals surface area contributed by atoms with Crippen molar-refractivity contribution in [3.05, 3.63) is 28.8 Å². The topological polar surface area (TPSA) is 33.0 Å². The van der Waals surface area contributed by atoms with Crippen LogP contribution in [0, 0.1) is 17.2 Å². The lowest BCUT2D eigenvalue weighted by Gasteiger charge is -2.08. The molecule has 0 atom stereocenters. The Kier molecular flexibility index (Phi) is 3.79. The van der Waals surface area contributed by atoms with E-state index in [9.17, 15) is 0 Å². The molecule has 3 heteroatoms. The highest BCUT2D eigenvalue weighted by Crippen LogP contribution is 2.20. The van der Waals surface area contributed by atoms with Crippen LogP contribution in [0.5, 0.6) is 5.75 Å². The van der Waals surface area contributed by atoms with Gasteiger partial charge in [0.05, 0.1) is 18.2 Å². The standard InChI is InChI=1S/C11H12ClNO/c1-8(2)7-14-11-4-9(6-13)3-10(12)5-11/h3-5,8H,7H2,1-2H3. The average Bonchev–Trinajstić information content (AvgIpc) is 2.14. The van der Waals surface area contributed by atoms with Gasteiger partial charge in [-0.05, 0) is 24.1 Å². The van der Waals surface area contributed by atoms with Crippen LogP contribution in [0.25, 0.3) is 0 Å². The molecule has 0 heterocycles. The Morgan fingerprint density at radius 2 is 2.14 bits per heavy atom. The molecule has 0 aromatic heterocycles. The maximum absolute atomic E-state index is 8.70. The number of nitrogens with zero attached hydrogens (tertiary/aromatic N) is 1. The van der Waals surface area contributed by atoms with Gasteiger partial charge in [-0.2, -0.15) is 5.26 Å². The molecule has 14 heavy (non-hydrogen) atoms. The first-order valence-electron chi connectivity index (χ1n) is 4.45. The molecular weight excluding hydrogens is 198 g/mol. The van der Waals surface area contributed by atoms with Crippen molar-refractivity contribution < 1.29 is 4.74 Å². The van der Waals surface area contributed by atoms with Crippen molar-refractivity contribution in [2.75, 3.05) is 6.61 Å². The number of rotatable bonds is 3. The Morgan fingerprint density at radius 1 is 1.43 bits per heavy atom. The van der Waals surface area contributed by atoms with Crippen LogP contribution in [-0.2, 0) is 0 Å². The molecule has 0 bridgehead atoms. The number of hydrogen-bond donors (Lipinski definition) is 0. The molecule has 0 spiro atoms. The molecular formula is C11H12ClNO. The van der Waals surface area contributed by atoms with Gasteiger partial charge in [0.15, 0.2) is 0 Å². The molecule has 1 aromatic rings. The van der Waals surface area contributed by atoms with Gasteiger partial charge in [-0.25, -0.2) is 0 Å². The molecule has 0 saturated heterocycles. The lowest BCUT2D eigenvalue weighted by Crippen LogP contribution is -2.04. The van der Waals surface area contributed by atoms with E-state index >= 15 is 0 Å². The van der Waals surface area contributed by atoms with E-state index in [4.69, 9.17) is 21.6 Å². The van der Waals surface area contributed by atoms with Crippen molar-refractivity contribution >= 4 is 11.6 Å². The Morgan fingerprint density at radius 3 is 2.71 bits per heavy atom. The SMILES string of the molecule is CC(C)COc1cc(Cl)cc(C#N)c1. The summed E-state index contributed by atoms with van der Waals surface area (Å²) in [6.45, 7) is 4.76. The summed E-state index contributed by atoms with van der Waals surface area (Å²) in [5.41, 5.74) is 0.524. The van der Waals surface area contributed by atoms with Crippen LogP contribution in [0.4, 0.5) is 0 Å². The normalized spacial score (nSPS) is 9.93. The quantitative estimate of drug-likeness (QED) is 0.766. The van der Waals surface area contributed by atoms with Crippen molar-refractivity contribution in [3.8, 4) is 11.8 Å².